The highest BCUT2D eigenvalue weighted by Crippen LogP contribution is 2.36. The van der Waals surface area contributed by atoms with E-state index in [1.165, 1.54) is 69.3 Å². The van der Waals surface area contributed by atoms with Gasteiger partial charge >= 0.3 is 23.3 Å². The average Bonchev–Trinajstić information content (AvgIpc) is 3.90. The van der Waals surface area contributed by atoms with Crippen LogP contribution in [0.3, 0.4) is 0 Å². The molecule has 0 amide bonds. The largest absolute Gasteiger partial charge is 0.741 e. The second kappa shape index (κ2) is 26.2. The van der Waals surface area contributed by atoms with Gasteiger partial charge in [0, 0.05) is 43.3 Å². The quantitative estimate of drug-likeness (QED) is 0.0325. The van der Waals surface area contributed by atoms with E-state index in [1.807, 2.05) is 63.2 Å². The molecule has 0 aromatic heterocycles. The molecule has 0 radical (unpaired) electrons. The fourth-order valence-corrected chi connectivity index (χ4v) is 10.7. The molecule has 2 aliphatic rings. The van der Waals surface area contributed by atoms with E-state index in [9.17, 15) is 35.9 Å². The Hall–Kier alpha value is -4.17. The Labute approximate surface area is 376 Å². The molecule has 368 valence electrons. The minimum absolute atomic E-state index is 0. The Balaban J connectivity index is 0.000000919. The zero-order valence-electron chi connectivity index (χ0n) is 35.2. The molecule has 0 spiro atoms. The van der Waals surface area contributed by atoms with Crippen LogP contribution in [0.15, 0.2) is 82.6 Å². The summed E-state index contributed by atoms with van der Waals surface area (Å²) in [6.07, 6.45) is 5.85. The van der Waals surface area contributed by atoms with Crippen LogP contribution >= 0.6 is 0 Å². The minimum atomic E-state index is -6.09. The molecular formula is C40H49F9O12S4. The standard InChI is InChI=1S/2C19H23O3S.2CHF3O3S.3FH/c1-19(2,3)22-18(20)21-16-10-11-17(23-12-6-7-13-23)15-9-5-4-8-14(15)16;1-2-3-12-21-19(20)22-17-10-11-18(23-13-6-7-14-23)16-9-5-4-8-15(16)17;2*2-1(3,4)8(5,6)7;;;/h4-5,8-11H,6-7,12-13H2,1-3H3;4-5,8-11H,2-3,6-7,12-14H2,1H3;2*(H,5,6,7);3*1H/q2*+1;;;;;/p-2. The van der Waals surface area contributed by atoms with Crippen molar-refractivity contribution >= 4 is 75.9 Å². The third kappa shape index (κ3) is 19.3. The molecule has 0 aliphatic carbocycles. The number of alkyl halides is 6. The van der Waals surface area contributed by atoms with Gasteiger partial charge < -0.3 is 28.1 Å². The minimum Gasteiger partial charge on any atom is -0.741 e. The van der Waals surface area contributed by atoms with Gasteiger partial charge in [-0.15, -0.1) is 0 Å². The second-order valence-corrected chi connectivity index (χ2v) is 21.6. The van der Waals surface area contributed by atoms with Gasteiger partial charge in [0.1, 0.15) is 40.1 Å². The molecule has 0 N–H and O–H groups in total. The molecule has 0 bridgehead atoms. The number of carbonyl (C=O) groups is 2. The van der Waals surface area contributed by atoms with E-state index in [0.717, 1.165) is 23.6 Å². The lowest BCUT2D eigenvalue weighted by Gasteiger charge is -2.19. The molecule has 4 aromatic rings. The number of benzene rings is 4. The molecule has 0 atom stereocenters. The maximum Gasteiger partial charge on any atom is 0.514 e. The summed E-state index contributed by atoms with van der Waals surface area (Å²) >= 11 is 0. The predicted octanol–water partition coefficient (Wildman–Crippen LogP) is 10.4. The van der Waals surface area contributed by atoms with E-state index in [0.29, 0.717) is 39.9 Å². The number of fused-ring (bicyclic) bond motifs is 2. The second-order valence-electron chi connectivity index (χ2n) is 14.4. The number of hydrogen-bond donors (Lipinski definition) is 0. The van der Waals surface area contributed by atoms with Crippen molar-refractivity contribution in [3.63, 3.8) is 0 Å². The Bertz CT molecular complexity index is 2310. The summed E-state index contributed by atoms with van der Waals surface area (Å²) < 4.78 is 139. The van der Waals surface area contributed by atoms with Crippen molar-refractivity contribution in [1.29, 1.82) is 0 Å². The van der Waals surface area contributed by atoms with Crippen LogP contribution in [-0.2, 0) is 51.5 Å². The summed E-state index contributed by atoms with van der Waals surface area (Å²) in [6, 6.07) is 24.4. The fraction of sp³-hybridized carbons (Fsp3) is 0.450. The number of unbranched alkanes of at least 4 members (excludes halogenated alkanes) is 1. The molecule has 6 rings (SSSR count). The molecular weight excluding hydrogens is 972 g/mol. The maximum atomic E-state index is 12.0. The summed E-state index contributed by atoms with van der Waals surface area (Å²) in [7, 11) is -11.5. The van der Waals surface area contributed by atoms with Gasteiger partial charge in [-0.2, -0.15) is 26.3 Å². The normalized spacial score (nSPS) is 14.3. The van der Waals surface area contributed by atoms with Crippen LogP contribution < -0.4 is 9.47 Å². The maximum absolute atomic E-state index is 12.0. The third-order valence-corrected chi connectivity index (χ3v) is 14.6. The van der Waals surface area contributed by atoms with Gasteiger partial charge in [-0.1, -0.05) is 49.7 Å². The van der Waals surface area contributed by atoms with Crippen molar-refractivity contribution < 1.29 is 94.9 Å². The highest BCUT2D eigenvalue weighted by atomic mass is 32.2. The Kier molecular flexibility index (Phi) is 24.6. The Morgan fingerprint density at radius 1 is 0.585 bits per heavy atom. The van der Waals surface area contributed by atoms with Crippen molar-refractivity contribution in [1.82, 2.24) is 0 Å². The Morgan fingerprint density at radius 3 is 1.22 bits per heavy atom. The lowest BCUT2D eigenvalue weighted by atomic mass is 10.1. The third-order valence-electron chi connectivity index (χ3n) is 8.43. The monoisotopic (exact) mass is 1020 g/mol. The van der Waals surface area contributed by atoms with Crippen molar-refractivity contribution in [2.24, 2.45) is 0 Å². The van der Waals surface area contributed by atoms with E-state index >= 15 is 0 Å². The number of hydrogen-bond acceptors (Lipinski definition) is 12. The number of rotatable bonds is 7. The van der Waals surface area contributed by atoms with Crippen LogP contribution in [0.25, 0.3) is 21.5 Å². The lowest BCUT2D eigenvalue weighted by molar-refractivity contribution is -0.0522. The molecule has 0 unspecified atom stereocenters. The zero-order valence-corrected chi connectivity index (χ0v) is 38.5. The topological polar surface area (TPSA) is 185 Å². The fourth-order valence-electron chi connectivity index (χ4n) is 5.70. The summed E-state index contributed by atoms with van der Waals surface area (Å²) in [5.41, 5.74) is -11.8. The SMILES string of the molecule is CC(C)(C)OC(=O)Oc1ccc([S+]2CCCC2)c2ccccc12.CCCCOC(=O)Oc1ccc([S+]2CCCC2)c2ccccc12.F.F.F.O=S(=O)([O-])C(F)(F)F.O=S(=O)([O-])C(F)(F)F. The van der Waals surface area contributed by atoms with Crippen molar-refractivity contribution in [3.05, 3.63) is 72.8 Å². The first-order valence-electron chi connectivity index (χ1n) is 18.9. The first-order valence-corrected chi connectivity index (χ1v) is 24.9. The summed E-state index contributed by atoms with van der Waals surface area (Å²) in [5, 5.41) is 4.38. The van der Waals surface area contributed by atoms with E-state index in [2.05, 4.69) is 37.3 Å². The highest BCUT2D eigenvalue weighted by molar-refractivity contribution is 7.97. The number of carbonyl (C=O) groups excluding carboxylic acids is 2. The van der Waals surface area contributed by atoms with Gasteiger partial charge in [0.15, 0.2) is 30.0 Å². The summed E-state index contributed by atoms with van der Waals surface area (Å²) in [5.74, 6) is 6.27. The molecule has 25 heteroatoms. The van der Waals surface area contributed by atoms with Crippen LogP contribution in [0.1, 0.15) is 66.2 Å². The molecule has 12 nitrogen and oxygen atoms in total. The van der Waals surface area contributed by atoms with Crippen LogP contribution in [0, 0.1) is 0 Å². The van der Waals surface area contributed by atoms with Crippen molar-refractivity contribution in [2.45, 2.75) is 92.6 Å². The molecule has 2 saturated heterocycles. The van der Waals surface area contributed by atoms with Gasteiger partial charge in [0.25, 0.3) is 0 Å². The van der Waals surface area contributed by atoms with E-state index in [4.69, 9.17) is 44.9 Å². The van der Waals surface area contributed by atoms with Gasteiger partial charge in [-0.05, 0) is 89.3 Å². The molecule has 4 aromatic carbocycles. The summed E-state index contributed by atoms with van der Waals surface area (Å²) in [4.78, 5) is 26.6. The average molecular weight is 1020 g/mol. The van der Waals surface area contributed by atoms with Crippen molar-refractivity contribution in [3.8, 4) is 11.5 Å². The van der Waals surface area contributed by atoms with Crippen molar-refractivity contribution in [2.75, 3.05) is 29.6 Å². The van der Waals surface area contributed by atoms with E-state index in [-0.39, 0.29) is 14.1 Å². The molecule has 65 heavy (non-hydrogen) atoms. The summed E-state index contributed by atoms with van der Waals surface area (Å²) in [6.45, 7) is 7.96. The Morgan fingerprint density at radius 2 is 0.908 bits per heavy atom. The van der Waals surface area contributed by atoms with Crippen LogP contribution in [0.5, 0.6) is 11.5 Å². The highest BCUT2D eigenvalue weighted by Gasteiger charge is 2.38. The van der Waals surface area contributed by atoms with E-state index in [1.54, 1.807) is 0 Å². The molecule has 2 heterocycles. The van der Waals surface area contributed by atoms with Crippen LogP contribution in [0.4, 0.5) is 50.0 Å². The van der Waals surface area contributed by atoms with Crippen LogP contribution in [-0.4, -0.2) is 84.5 Å². The molecule has 0 saturated carbocycles. The van der Waals surface area contributed by atoms with Crippen LogP contribution in [0.2, 0.25) is 0 Å². The molecule has 2 aliphatic heterocycles. The first kappa shape index (κ1) is 60.8. The zero-order chi connectivity index (χ0) is 46.5. The number of halogens is 9. The van der Waals surface area contributed by atoms with Gasteiger partial charge in [0.2, 0.25) is 0 Å². The van der Waals surface area contributed by atoms with Gasteiger partial charge in [0.05, 0.1) is 6.61 Å². The van der Waals surface area contributed by atoms with E-state index < -0.39 is 49.2 Å². The predicted molar refractivity (Wildman–Crippen MR) is 230 cm³/mol. The lowest BCUT2D eigenvalue weighted by Crippen LogP contribution is -2.26. The van der Waals surface area contributed by atoms with Gasteiger partial charge in [-0.25, -0.2) is 26.4 Å². The smallest absolute Gasteiger partial charge is 0.514 e. The molecule has 2 fully saturated rings. The first-order chi connectivity index (χ1) is 28.7. The number of ether oxygens (including phenoxy) is 4. The van der Waals surface area contributed by atoms with Gasteiger partial charge in [-0.3, -0.25) is 14.1 Å².